The minimum Gasteiger partial charge on any atom is -0.479 e. The number of aromatic nitrogens is 3. The van der Waals surface area contributed by atoms with Crippen molar-refractivity contribution in [3.05, 3.63) is 48.5 Å². The van der Waals surface area contributed by atoms with Crippen LogP contribution < -0.4 is 0 Å². The van der Waals surface area contributed by atoms with Crippen molar-refractivity contribution in [3.63, 3.8) is 0 Å². The fourth-order valence-electron chi connectivity index (χ4n) is 1.39. The zero-order valence-corrected chi connectivity index (χ0v) is 7.82. The first-order chi connectivity index (χ1) is 7.29. The number of aliphatic carboxylic acids is 1. The quantitative estimate of drug-likeness (QED) is 0.806. The first kappa shape index (κ1) is 9.39. The molecule has 2 aromatic rings. The third kappa shape index (κ3) is 1.85. The number of carboxylic acids is 1. The molecule has 15 heavy (non-hydrogen) atoms. The summed E-state index contributed by atoms with van der Waals surface area (Å²) in [7, 11) is 0. The number of carboxylic acid groups (broad SMARTS) is 1. The lowest BCUT2D eigenvalue weighted by molar-refractivity contribution is -0.139. The van der Waals surface area contributed by atoms with Crippen molar-refractivity contribution in [2.45, 2.75) is 6.04 Å². The third-order valence-corrected chi connectivity index (χ3v) is 2.05. The van der Waals surface area contributed by atoms with Crippen LogP contribution in [0.4, 0.5) is 0 Å². The maximum Gasteiger partial charge on any atom is 0.333 e. The molecule has 0 radical (unpaired) electrons. The summed E-state index contributed by atoms with van der Waals surface area (Å²) in [6, 6.07) is 8.11. The summed E-state index contributed by atoms with van der Waals surface area (Å²) < 4.78 is 1.32. The van der Waals surface area contributed by atoms with E-state index in [9.17, 15) is 4.79 Å². The van der Waals surface area contributed by atoms with E-state index >= 15 is 0 Å². The molecule has 5 nitrogen and oxygen atoms in total. The first-order valence-corrected chi connectivity index (χ1v) is 4.41. The van der Waals surface area contributed by atoms with Crippen molar-refractivity contribution in [1.82, 2.24) is 14.8 Å². The Kier molecular flexibility index (Phi) is 2.45. The molecule has 76 valence electrons. The highest BCUT2D eigenvalue weighted by molar-refractivity contribution is 5.75. The van der Waals surface area contributed by atoms with E-state index in [2.05, 4.69) is 10.1 Å². The van der Waals surface area contributed by atoms with Crippen LogP contribution in [0, 0.1) is 0 Å². The van der Waals surface area contributed by atoms with Gasteiger partial charge in [-0.3, -0.25) is 0 Å². The molecule has 0 bridgehead atoms. The average molecular weight is 203 g/mol. The van der Waals surface area contributed by atoms with Crippen LogP contribution in [0.1, 0.15) is 11.6 Å². The van der Waals surface area contributed by atoms with E-state index < -0.39 is 12.0 Å². The zero-order valence-electron chi connectivity index (χ0n) is 7.82. The fourth-order valence-corrected chi connectivity index (χ4v) is 1.39. The second-order valence-corrected chi connectivity index (χ2v) is 3.03. The van der Waals surface area contributed by atoms with Gasteiger partial charge in [0.05, 0.1) is 0 Å². The lowest BCUT2D eigenvalue weighted by Crippen LogP contribution is -2.20. The van der Waals surface area contributed by atoms with E-state index in [4.69, 9.17) is 5.11 Å². The summed E-state index contributed by atoms with van der Waals surface area (Å²) in [5, 5.41) is 12.9. The minimum atomic E-state index is -0.952. The van der Waals surface area contributed by atoms with E-state index in [1.807, 2.05) is 6.07 Å². The van der Waals surface area contributed by atoms with Crippen molar-refractivity contribution in [2.75, 3.05) is 0 Å². The Labute approximate surface area is 86.0 Å². The van der Waals surface area contributed by atoms with Crippen molar-refractivity contribution >= 4 is 5.97 Å². The molecule has 1 unspecified atom stereocenters. The maximum atomic E-state index is 11.1. The molecule has 1 N–H and O–H groups in total. The van der Waals surface area contributed by atoms with E-state index in [0.717, 1.165) is 0 Å². The van der Waals surface area contributed by atoms with Crippen LogP contribution in [-0.4, -0.2) is 25.8 Å². The second kappa shape index (κ2) is 3.91. The SMILES string of the molecule is O=C(O)C(c1ccccc1)n1cncn1. The Bertz CT molecular complexity index is 439. The van der Waals surface area contributed by atoms with Gasteiger partial charge in [0.15, 0.2) is 6.04 Å². The number of benzene rings is 1. The largest absolute Gasteiger partial charge is 0.479 e. The van der Waals surface area contributed by atoms with Gasteiger partial charge in [-0.2, -0.15) is 5.10 Å². The number of carbonyl (C=O) groups is 1. The van der Waals surface area contributed by atoms with Gasteiger partial charge in [-0.25, -0.2) is 14.5 Å². The molecule has 0 fully saturated rings. The molecular weight excluding hydrogens is 194 g/mol. The molecule has 0 saturated heterocycles. The van der Waals surface area contributed by atoms with Crippen LogP contribution in [-0.2, 0) is 4.79 Å². The van der Waals surface area contributed by atoms with Crippen LogP contribution >= 0.6 is 0 Å². The molecule has 0 aliphatic carbocycles. The van der Waals surface area contributed by atoms with Gasteiger partial charge in [-0.05, 0) is 5.56 Å². The number of hydrogen-bond donors (Lipinski definition) is 1. The van der Waals surface area contributed by atoms with E-state index in [1.165, 1.54) is 17.3 Å². The standard InChI is InChI=1S/C10H9N3O2/c14-10(15)9(13-7-11-6-12-13)8-4-2-1-3-5-8/h1-7,9H,(H,14,15). The molecule has 5 heteroatoms. The van der Waals surface area contributed by atoms with Gasteiger partial charge in [0.25, 0.3) is 0 Å². The van der Waals surface area contributed by atoms with Gasteiger partial charge in [-0.15, -0.1) is 0 Å². The highest BCUT2D eigenvalue weighted by Crippen LogP contribution is 2.16. The molecular formula is C10H9N3O2. The van der Waals surface area contributed by atoms with Crippen LogP contribution in [0.5, 0.6) is 0 Å². The predicted molar refractivity (Wildman–Crippen MR) is 52.2 cm³/mol. The van der Waals surface area contributed by atoms with Crippen molar-refractivity contribution in [2.24, 2.45) is 0 Å². The lowest BCUT2D eigenvalue weighted by Gasteiger charge is -2.11. The molecule has 1 heterocycles. The molecule has 0 saturated carbocycles. The Hall–Kier alpha value is -2.17. The van der Waals surface area contributed by atoms with Crippen LogP contribution in [0.25, 0.3) is 0 Å². The molecule has 0 amide bonds. The molecule has 2 rings (SSSR count). The van der Waals surface area contributed by atoms with Gasteiger partial charge in [0.2, 0.25) is 0 Å². The Morgan fingerprint density at radius 3 is 2.60 bits per heavy atom. The maximum absolute atomic E-state index is 11.1. The molecule has 1 aromatic carbocycles. The second-order valence-electron chi connectivity index (χ2n) is 3.03. The Balaban J connectivity index is 2.42. The van der Waals surface area contributed by atoms with Crippen LogP contribution in [0.15, 0.2) is 43.0 Å². The topological polar surface area (TPSA) is 68.0 Å². The molecule has 0 aliphatic heterocycles. The molecule has 0 spiro atoms. The number of hydrogen-bond acceptors (Lipinski definition) is 3. The third-order valence-electron chi connectivity index (χ3n) is 2.05. The number of rotatable bonds is 3. The molecule has 1 atom stereocenters. The van der Waals surface area contributed by atoms with Crippen LogP contribution in [0.3, 0.4) is 0 Å². The Morgan fingerprint density at radius 1 is 1.33 bits per heavy atom. The summed E-state index contributed by atoms with van der Waals surface area (Å²) in [5.41, 5.74) is 0.676. The van der Waals surface area contributed by atoms with E-state index in [-0.39, 0.29) is 0 Å². The average Bonchev–Trinajstić information content (AvgIpc) is 2.72. The number of nitrogens with zero attached hydrogens (tertiary/aromatic N) is 3. The van der Waals surface area contributed by atoms with Gasteiger partial charge in [-0.1, -0.05) is 30.3 Å². The summed E-state index contributed by atoms with van der Waals surface area (Å²) in [5.74, 6) is -0.952. The monoisotopic (exact) mass is 203 g/mol. The van der Waals surface area contributed by atoms with E-state index in [0.29, 0.717) is 5.56 Å². The van der Waals surface area contributed by atoms with Crippen molar-refractivity contribution in [3.8, 4) is 0 Å². The van der Waals surface area contributed by atoms with Gasteiger partial charge < -0.3 is 5.11 Å². The summed E-state index contributed by atoms with van der Waals surface area (Å²) in [6.45, 7) is 0. The van der Waals surface area contributed by atoms with Crippen molar-refractivity contribution in [1.29, 1.82) is 0 Å². The first-order valence-electron chi connectivity index (χ1n) is 4.41. The predicted octanol–water partition coefficient (Wildman–Crippen LogP) is 0.952. The summed E-state index contributed by atoms with van der Waals surface area (Å²) in [6.07, 6.45) is 2.71. The lowest BCUT2D eigenvalue weighted by atomic mass is 10.1. The normalized spacial score (nSPS) is 12.3. The van der Waals surface area contributed by atoms with Gasteiger partial charge in [0, 0.05) is 0 Å². The summed E-state index contributed by atoms with van der Waals surface area (Å²) >= 11 is 0. The Morgan fingerprint density at radius 2 is 2.07 bits per heavy atom. The smallest absolute Gasteiger partial charge is 0.333 e. The van der Waals surface area contributed by atoms with Crippen LogP contribution in [0.2, 0.25) is 0 Å². The molecule has 1 aromatic heterocycles. The molecule has 0 aliphatic rings. The highest BCUT2D eigenvalue weighted by atomic mass is 16.4. The minimum absolute atomic E-state index is 0.676. The van der Waals surface area contributed by atoms with Crippen molar-refractivity contribution < 1.29 is 9.90 Å². The highest BCUT2D eigenvalue weighted by Gasteiger charge is 2.21. The van der Waals surface area contributed by atoms with Gasteiger partial charge in [0.1, 0.15) is 12.7 Å². The van der Waals surface area contributed by atoms with E-state index in [1.54, 1.807) is 24.3 Å². The summed E-state index contributed by atoms with van der Waals surface area (Å²) in [4.78, 5) is 14.8. The zero-order chi connectivity index (χ0) is 10.7. The fraction of sp³-hybridized carbons (Fsp3) is 0.100. The van der Waals surface area contributed by atoms with Gasteiger partial charge >= 0.3 is 5.97 Å².